The Balaban J connectivity index is 1.58. The van der Waals surface area contributed by atoms with Crippen molar-refractivity contribution >= 4 is 6.09 Å². The zero-order chi connectivity index (χ0) is 17.2. The highest BCUT2D eigenvalue weighted by Crippen LogP contribution is 2.38. The summed E-state index contributed by atoms with van der Waals surface area (Å²) in [6, 6.07) is 2.48. The number of carbonyl (C=O) groups is 1. The van der Waals surface area contributed by atoms with Crippen molar-refractivity contribution in [2.45, 2.75) is 63.5 Å². The Kier molecular flexibility index (Phi) is 4.82. The zero-order valence-electron chi connectivity index (χ0n) is 14.4. The van der Waals surface area contributed by atoms with E-state index in [9.17, 15) is 4.79 Å². The topological polar surface area (TPSA) is 97.4 Å². The van der Waals surface area contributed by atoms with Gasteiger partial charge in [-0.15, -0.1) is 0 Å². The van der Waals surface area contributed by atoms with Gasteiger partial charge in [0.2, 0.25) is 0 Å². The van der Waals surface area contributed by atoms with Crippen LogP contribution in [0.2, 0.25) is 0 Å². The van der Waals surface area contributed by atoms with Crippen molar-refractivity contribution in [2.75, 3.05) is 6.54 Å². The number of rotatable bonds is 0. The highest BCUT2D eigenvalue weighted by Gasteiger charge is 2.42. The Bertz CT molecular complexity index is 628. The second kappa shape index (κ2) is 7.23. The SMILES string of the molecule is C[C@@H]1CCNC(=O)OCc2nccc(n2)C2NNC3CCC(CC32)O1. The van der Waals surface area contributed by atoms with Crippen LogP contribution in [-0.2, 0) is 16.1 Å². The van der Waals surface area contributed by atoms with Gasteiger partial charge in [-0.1, -0.05) is 0 Å². The van der Waals surface area contributed by atoms with E-state index in [1.54, 1.807) is 6.20 Å². The summed E-state index contributed by atoms with van der Waals surface area (Å²) in [6.45, 7) is 2.67. The first-order chi connectivity index (χ1) is 12.2. The molecule has 1 saturated carbocycles. The molecule has 2 aliphatic heterocycles. The summed E-state index contributed by atoms with van der Waals surface area (Å²) in [6.07, 6.45) is 5.54. The van der Waals surface area contributed by atoms with Gasteiger partial charge in [-0.25, -0.2) is 20.2 Å². The van der Waals surface area contributed by atoms with Gasteiger partial charge in [0.25, 0.3) is 0 Å². The highest BCUT2D eigenvalue weighted by atomic mass is 16.5. The van der Waals surface area contributed by atoms with Crippen molar-refractivity contribution in [1.29, 1.82) is 0 Å². The second-order valence-electron chi connectivity index (χ2n) is 7.11. The van der Waals surface area contributed by atoms with Crippen molar-refractivity contribution < 1.29 is 14.3 Å². The van der Waals surface area contributed by atoms with E-state index in [0.29, 0.717) is 24.3 Å². The Morgan fingerprint density at radius 2 is 2.16 bits per heavy atom. The van der Waals surface area contributed by atoms with E-state index in [0.717, 1.165) is 31.4 Å². The van der Waals surface area contributed by atoms with E-state index in [2.05, 4.69) is 33.1 Å². The molecule has 25 heavy (non-hydrogen) atoms. The molecule has 0 radical (unpaired) electrons. The first-order valence-electron chi connectivity index (χ1n) is 9.08. The molecule has 4 unspecified atom stereocenters. The van der Waals surface area contributed by atoms with Crippen molar-refractivity contribution in [3.63, 3.8) is 0 Å². The normalized spacial score (nSPS) is 35.9. The molecule has 8 heteroatoms. The molecule has 136 valence electrons. The molecule has 4 bridgehead atoms. The van der Waals surface area contributed by atoms with E-state index in [-0.39, 0.29) is 24.9 Å². The van der Waals surface area contributed by atoms with Gasteiger partial charge in [0.1, 0.15) is 0 Å². The maximum absolute atomic E-state index is 11.8. The van der Waals surface area contributed by atoms with Crippen LogP contribution in [0, 0.1) is 5.92 Å². The predicted molar refractivity (Wildman–Crippen MR) is 89.3 cm³/mol. The fourth-order valence-electron chi connectivity index (χ4n) is 4.05. The summed E-state index contributed by atoms with van der Waals surface area (Å²) in [7, 11) is 0. The molecule has 5 atom stereocenters. The van der Waals surface area contributed by atoms with Crippen molar-refractivity contribution in [3.8, 4) is 0 Å². The van der Waals surface area contributed by atoms with Gasteiger partial charge in [0.05, 0.1) is 23.9 Å². The van der Waals surface area contributed by atoms with Crippen LogP contribution >= 0.6 is 0 Å². The van der Waals surface area contributed by atoms with Gasteiger partial charge in [-0.2, -0.15) is 0 Å². The van der Waals surface area contributed by atoms with Gasteiger partial charge >= 0.3 is 6.09 Å². The summed E-state index contributed by atoms with van der Waals surface area (Å²) in [4.78, 5) is 20.6. The first-order valence-corrected chi connectivity index (χ1v) is 9.08. The van der Waals surface area contributed by atoms with Gasteiger partial charge in [0.15, 0.2) is 12.4 Å². The molecule has 3 aliphatic rings. The number of hydrazine groups is 1. The first kappa shape index (κ1) is 16.7. The molecule has 1 aromatic heterocycles. The number of nitrogens with one attached hydrogen (secondary N) is 3. The predicted octanol–water partition coefficient (Wildman–Crippen LogP) is 1.20. The minimum absolute atomic E-state index is 0.0720. The van der Waals surface area contributed by atoms with E-state index in [1.165, 1.54) is 0 Å². The number of fused-ring (bicyclic) bond motifs is 4. The van der Waals surface area contributed by atoms with Gasteiger partial charge in [0, 0.05) is 24.7 Å². The third kappa shape index (κ3) is 3.75. The number of hydrogen-bond donors (Lipinski definition) is 3. The molecule has 1 saturated heterocycles. The standard InChI is InChI=1S/C17H25N5O3/c1-10-4-6-19-17(23)24-9-15-18-7-5-14(20-15)16-12-8-11(25-10)2-3-13(12)21-22-16/h5,7,10-13,16,21-22H,2-4,6,8-9H2,1H3,(H,19,23)/t10-,11?,12?,13?,16?/m1/s1. The summed E-state index contributed by atoms with van der Waals surface area (Å²) in [5.41, 5.74) is 7.73. The third-order valence-corrected chi connectivity index (χ3v) is 5.33. The number of carbonyl (C=O) groups excluding carboxylic acids is 1. The van der Waals surface area contributed by atoms with Crippen LogP contribution in [0.25, 0.3) is 0 Å². The molecular weight excluding hydrogens is 322 g/mol. The van der Waals surface area contributed by atoms with Crippen molar-refractivity contribution in [1.82, 2.24) is 26.1 Å². The van der Waals surface area contributed by atoms with Gasteiger partial charge in [-0.05, 0) is 38.7 Å². The summed E-state index contributed by atoms with van der Waals surface area (Å²) < 4.78 is 11.4. The lowest BCUT2D eigenvalue weighted by atomic mass is 9.79. The highest BCUT2D eigenvalue weighted by molar-refractivity contribution is 5.66. The molecule has 8 nitrogen and oxygen atoms in total. The van der Waals surface area contributed by atoms with Crippen molar-refractivity contribution in [3.05, 3.63) is 23.8 Å². The van der Waals surface area contributed by atoms with Crippen LogP contribution < -0.4 is 16.2 Å². The van der Waals surface area contributed by atoms with Crippen LogP contribution in [0.1, 0.15) is 50.2 Å². The minimum atomic E-state index is -0.449. The second-order valence-corrected chi connectivity index (χ2v) is 7.11. The molecule has 4 rings (SSSR count). The minimum Gasteiger partial charge on any atom is -0.441 e. The van der Waals surface area contributed by atoms with Gasteiger partial charge < -0.3 is 14.8 Å². The van der Waals surface area contributed by atoms with Crippen LogP contribution in [0.4, 0.5) is 4.79 Å². The molecule has 0 spiro atoms. The quantitative estimate of drug-likeness (QED) is 0.649. The molecule has 0 aromatic carbocycles. The Morgan fingerprint density at radius 3 is 3.08 bits per heavy atom. The molecule has 1 aliphatic carbocycles. The Hall–Kier alpha value is -1.77. The number of nitrogens with zero attached hydrogens (tertiary/aromatic N) is 2. The smallest absolute Gasteiger partial charge is 0.407 e. The fourth-order valence-corrected chi connectivity index (χ4v) is 4.05. The lowest BCUT2D eigenvalue weighted by Crippen LogP contribution is -2.38. The van der Waals surface area contributed by atoms with Crippen LogP contribution in [0.3, 0.4) is 0 Å². The fraction of sp³-hybridized carbons (Fsp3) is 0.706. The number of ether oxygens (including phenoxy) is 2. The molecule has 1 aromatic rings. The summed E-state index contributed by atoms with van der Waals surface area (Å²) >= 11 is 0. The lowest BCUT2D eigenvalue weighted by Gasteiger charge is -2.34. The molecular formula is C17H25N5O3. The average molecular weight is 347 g/mol. The molecule has 1 amide bonds. The van der Waals surface area contributed by atoms with Crippen LogP contribution in [-0.4, -0.2) is 40.9 Å². The third-order valence-electron chi connectivity index (χ3n) is 5.33. The van der Waals surface area contributed by atoms with Crippen LogP contribution in [0.5, 0.6) is 0 Å². The van der Waals surface area contributed by atoms with Crippen LogP contribution in [0.15, 0.2) is 12.3 Å². The number of alkyl carbamates (subject to hydrolysis) is 1. The maximum atomic E-state index is 11.8. The van der Waals surface area contributed by atoms with E-state index in [1.807, 2.05) is 6.07 Å². The molecule has 3 heterocycles. The number of cyclic esters (lactones) is 1. The van der Waals surface area contributed by atoms with E-state index in [4.69, 9.17) is 9.47 Å². The Morgan fingerprint density at radius 1 is 1.24 bits per heavy atom. The lowest BCUT2D eigenvalue weighted by molar-refractivity contribution is -0.0381. The van der Waals surface area contributed by atoms with Crippen molar-refractivity contribution in [2.24, 2.45) is 5.92 Å². The van der Waals surface area contributed by atoms with Gasteiger partial charge in [-0.3, -0.25) is 5.43 Å². The molecule has 3 N–H and O–H groups in total. The van der Waals surface area contributed by atoms with E-state index < -0.39 is 6.09 Å². The Labute approximate surface area is 147 Å². The number of aromatic nitrogens is 2. The maximum Gasteiger partial charge on any atom is 0.407 e. The average Bonchev–Trinajstić information content (AvgIpc) is 3.03. The monoisotopic (exact) mass is 347 g/mol. The summed E-state index contributed by atoms with van der Waals surface area (Å²) in [5, 5.41) is 2.75. The van der Waals surface area contributed by atoms with E-state index >= 15 is 0 Å². The number of amides is 1. The molecule has 2 fully saturated rings. The largest absolute Gasteiger partial charge is 0.441 e. The number of hydrogen-bond acceptors (Lipinski definition) is 7. The summed E-state index contributed by atoms with van der Waals surface area (Å²) in [5.74, 6) is 0.948. The zero-order valence-corrected chi connectivity index (χ0v) is 14.4.